The van der Waals surface area contributed by atoms with Gasteiger partial charge < -0.3 is 8.98 Å². The maximum absolute atomic E-state index is 6.91. The highest BCUT2D eigenvalue weighted by Gasteiger charge is 2.25. The molecule has 4 aromatic heterocycles. The van der Waals surface area contributed by atoms with Crippen LogP contribution < -0.4 is 0 Å². The van der Waals surface area contributed by atoms with E-state index in [1.54, 1.807) is 0 Å². The van der Waals surface area contributed by atoms with Crippen molar-refractivity contribution in [2.24, 2.45) is 0 Å². The highest BCUT2D eigenvalue weighted by Crippen LogP contribution is 2.46. The third-order valence-electron chi connectivity index (χ3n) is 11.5. The molecule has 0 radical (unpaired) electrons. The predicted octanol–water partition coefficient (Wildman–Crippen LogP) is 14.2. The van der Waals surface area contributed by atoms with Gasteiger partial charge in [0.15, 0.2) is 5.58 Å². The van der Waals surface area contributed by atoms with Crippen LogP contribution in [0.15, 0.2) is 205 Å². The minimum absolute atomic E-state index is 0.835. The summed E-state index contributed by atoms with van der Waals surface area (Å²) < 4.78 is 11.6. The van der Waals surface area contributed by atoms with Crippen LogP contribution in [-0.4, -0.2) is 14.1 Å². The fourth-order valence-corrected chi connectivity index (χ4v) is 8.97. The molecule has 0 spiro atoms. The summed E-state index contributed by atoms with van der Waals surface area (Å²) in [6.07, 6.45) is 0. The van der Waals surface area contributed by atoms with Gasteiger partial charge in [-0.05, 0) is 82.9 Å². The molecule has 0 amide bonds. The predicted molar refractivity (Wildman–Crippen MR) is 237 cm³/mol. The second-order valence-electron chi connectivity index (χ2n) is 14.7. The van der Waals surface area contributed by atoms with Crippen molar-refractivity contribution >= 4 is 65.6 Å². The Balaban J connectivity index is 1.21. The van der Waals surface area contributed by atoms with E-state index in [4.69, 9.17) is 9.40 Å². The molecule has 0 bridgehead atoms. The molecule has 57 heavy (non-hydrogen) atoms. The van der Waals surface area contributed by atoms with Crippen molar-refractivity contribution in [1.29, 1.82) is 0 Å². The maximum atomic E-state index is 6.91. The van der Waals surface area contributed by atoms with E-state index < -0.39 is 0 Å². The third kappa shape index (κ3) is 4.84. The number of furan rings is 1. The molecule has 0 saturated heterocycles. The summed E-state index contributed by atoms with van der Waals surface area (Å²) in [5, 5.41) is 6.88. The molecule has 4 heteroatoms. The molecule has 0 unspecified atom stereocenters. The number of nitrogens with zero attached hydrogens (tertiary/aromatic N) is 3. The number of fused-ring (bicyclic) bond motifs is 10. The summed E-state index contributed by atoms with van der Waals surface area (Å²) in [7, 11) is 0. The first-order valence-corrected chi connectivity index (χ1v) is 19.4. The lowest BCUT2D eigenvalue weighted by Gasteiger charge is -2.13. The molecular weight excluding hydrogens is 695 g/mol. The van der Waals surface area contributed by atoms with Gasteiger partial charge in [-0.3, -0.25) is 4.57 Å². The van der Waals surface area contributed by atoms with E-state index in [0.29, 0.717) is 0 Å². The monoisotopic (exact) mass is 727 g/mol. The van der Waals surface area contributed by atoms with Crippen molar-refractivity contribution < 1.29 is 4.42 Å². The van der Waals surface area contributed by atoms with Gasteiger partial charge in [-0.2, -0.15) is 0 Å². The highest BCUT2D eigenvalue weighted by atomic mass is 16.3. The Morgan fingerprint density at radius 1 is 0.386 bits per heavy atom. The standard InChI is InChI=1S/C53H33N3O/c1-4-16-34(17-5-1)37-31-45(35-18-6-2-7-19-35)54-50(32-37)56-47-26-14-11-24-41(47)51-42(33-44-40-23-12-15-27-49(40)57-53(44)52(51)56)36-28-29-48-43(30-36)39-22-10-13-25-46(39)55(48)38-20-8-3-9-21-38/h1-33H. The lowest BCUT2D eigenvalue weighted by Crippen LogP contribution is -2.00. The Morgan fingerprint density at radius 2 is 1.00 bits per heavy atom. The molecule has 0 aliphatic heterocycles. The van der Waals surface area contributed by atoms with Crippen LogP contribution in [-0.2, 0) is 0 Å². The summed E-state index contributed by atoms with van der Waals surface area (Å²) >= 11 is 0. The fraction of sp³-hybridized carbons (Fsp3) is 0. The van der Waals surface area contributed by atoms with Crippen LogP contribution >= 0.6 is 0 Å². The first-order valence-electron chi connectivity index (χ1n) is 19.4. The fourth-order valence-electron chi connectivity index (χ4n) is 8.97. The average Bonchev–Trinajstić information content (AvgIpc) is 3.95. The summed E-state index contributed by atoms with van der Waals surface area (Å²) in [6, 6.07) is 71.2. The largest absolute Gasteiger partial charge is 0.454 e. The Labute approximate surface area is 328 Å². The van der Waals surface area contributed by atoms with Crippen LogP contribution in [0.5, 0.6) is 0 Å². The minimum Gasteiger partial charge on any atom is -0.454 e. The molecule has 4 nitrogen and oxygen atoms in total. The Bertz CT molecular complexity index is 3440. The van der Waals surface area contributed by atoms with Gasteiger partial charge in [-0.25, -0.2) is 4.98 Å². The summed E-state index contributed by atoms with van der Waals surface area (Å²) in [5.74, 6) is 0.835. The second-order valence-corrected chi connectivity index (χ2v) is 14.7. The highest BCUT2D eigenvalue weighted by molar-refractivity contribution is 6.26. The minimum atomic E-state index is 0.835. The lowest BCUT2D eigenvalue weighted by molar-refractivity contribution is 0.671. The number of rotatable bonds is 5. The van der Waals surface area contributed by atoms with E-state index in [2.05, 4.69) is 203 Å². The van der Waals surface area contributed by atoms with E-state index in [-0.39, 0.29) is 0 Å². The van der Waals surface area contributed by atoms with Crippen LogP contribution in [0.4, 0.5) is 0 Å². The SMILES string of the molecule is c1ccc(-c2cc(-c3ccccc3)nc(-n3c4ccccc4c4c(-c5ccc6c(c5)c5ccccc5n6-c5ccccc5)cc5c6ccccc6oc5c43)c2)cc1. The molecule has 0 fully saturated rings. The van der Waals surface area contributed by atoms with Gasteiger partial charge in [-0.15, -0.1) is 0 Å². The van der Waals surface area contributed by atoms with Gasteiger partial charge in [0.25, 0.3) is 0 Å². The van der Waals surface area contributed by atoms with Crippen LogP contribution in [0, 0.1) is 0 Å². The molecule has 0 aliphatic carbocycles. The first-order chi connectivity index (χ1) is 28.3. The number of para-hydroxylation sites is 4. The molecule has 0 saturated carbocycles. The number of benzene rings is 8. The Hall–Kier alpha value is -7.69. The first kappa shape index (κ1) is 31.6. The van der Waals surface area contributed by atoms with E-state index in [1.807, 2.05) is 6.07 Å². The summed E-state index contributed by atoms with van der Waals surface area (Å²) in [6.45, 7) is 0. The third-order valence-corrected chi connectivity index (χ3v) is 11.5. The van der Waals surface area contributed by atoms with Gasteiger partial charge in [0.1, 0.15) is 11.4 Å². The molecule has 0 N–H and O–H groups in total. The molecule has 0 atom stereocenters. The second kappa shape index (κ2) is 12.4. The van der Waals surface area contributed by atoms with Crippen molar-refractivity contribution in [2.75, 3.05) is 0 Å². The number of aromatic nitrogens is 3. The van der Waals surface area contributed by atoms with Crippen LogP contribution in [0.25, 0.3) is 111 Å². The van der Waals surface area contributed by atoms with Crippen molar-refractivity contribution in [3.05, 3.63) is 200 Å². The molecule has 12 rings (SSSR count). The molecule has 0 aliphatic rings. The van der Waals surface area contributed by atoms with Gasteiger partial charge in [-0.1, -0.05) is 140 Å². The smallest absolute Gasteiger partial charge is 0.160 e. The zero-order valence-electron chi connectivity index (χ0n) is 30.8. The Morgan fingerprint density at radius 3 is 1.77 bits per heavy atom. The zero-order valence-corrected chi connectivity index (χ0v) is 30.8. The normalized spacial score (nSPS) is 11.9. The van der Waals surface area contributed by atoms with Crippen LogP contribution in [0.2, 0.25) is 0 Å². The summed E-state index contributed by atoms with van der Waals surface area (Å²) in [4.78, 5) is 5.46. The molecule has 266 valence electrons. The van der Waals surface area contributed by atoms with E-state index in [9.17, 15) is 0 Å². The van der Waals surface area contributed by atoms with Gasteiger partial charge >= 0.3 is 0 Å². The zero-order chi connectivity index (χ0) is 37.5. The number of hydrogen-bond acceptors (Lipinski definition) is 2. The number of hydrogen-bond donors (Lipinski definition) is 0. The van der Waals surface area contributed by atoms with E-state index in [0.717, 1.165) is 88.8 Å². The molecule has 4 heterocycles. The summed E-state index contributed by atoms with van der Waals surface area (Å²) in [5.41, 5.74) is 13.8. The molecule has 12 aromatic rings. The maximum Gasteiger partial charge on any atom is 0.160 e. The van der Waals surface area contributed by atoms with Crippen molar-refractivity contribution in [1.82, 2.24) is 14.1 Å². The molecular formula is C53H33N3O. The quantitative estimate of drug-likeness (QED) is 0.177. The van der Waals surface area contributed by atoms with Crippen molar-refractivity contribution in [3.8, 4) is 45.0 Å². The van der Waals surface area contributed by atoms with Gasteiger partial charge in [0, 0.05) is 43.6 Å². The van der Waals surface area contributed by atoms with Crippen molar-refractivity contribution in [3.63, 3.8) is 0 Å². The van der Waals surface area contributed by atoms with E-state index >= 15 is 0 Å². The topological polar surface area (TPSA) is 35.9 Å². The van der Waals surface area contributed by atoms with Crippen LogP contribution in [0.1, 0.15) is 0 Å². The van der Waals surface area contributed by atoms with Crippen LogP contribution in [0.3, 0.4) is 0 Å². The van der Waals surface area contributed by atoms with E-state index in [1.165, 1.54) is 21.8 Å². The van der Waals surface area contributed by atoms with Crippen molar-refractivity contribution in [2.45, 2.75) is 0 Å². The average molecular weight is 728 g/mol. The van der Waals surface area contributed by atoms with Gasteiger partial charge in [0.2, 0.25) is 0 Å². The molecule has 8 aromatic carbocycles. The lowest BCUT2D eigenvalue weighted by atomic mass is 9.95. The Kier molecular flexibility index (Phi) is 6.89. The van der Waals surface area contributed by atoms with Gasteiger partial charge in [0.05, 0.1) is 27.8 Å². The number of pyridine rings is 1.